The van der Waals surface area contributed by atoms with Crippen molar-refractivity contribution >= 4 is 27.9 Å². The summed E-state index contributed by atoms with van der Waals surface area (Å²) >= 11 is 1.42. The van der Waals surface area contributed by atoms with Gasteiger partial charge >= 0.3 is 0 Å². The van der Waals surface area contributed by atoms with E-state index in [4.69, 9.17) is 10.5 Å². The van der Waals surface area contributed by atoms with Crippen LogP contribution >= 0.6 is 11.3 Å². The Morgan fingerprint density at radius 1 is 1.55 bits per heavy atom. The number of rotatable bonds is 6. The number of nitrogens with zero attached hydrogens (tertiary/aromatic N) is 1. The first-order valence-electron chi connectivity index (χ1n) is 7.05. The number of amides is 1. The number of nitrogens with two attached hydrogens (primary N) is 1. The van der Waals surface area contributed by atoms with Crippen molar-refractivity contribution in [2.45, 2.75) is 26.2 Å². The number of anilines is 2. The van der Waals surface area contributed by atoms with Gasteiger partial charge in [0.1, 0.15) is 15.6 Å². The van der Waals surface area contributed by atoms with Gasteiger partial charge in [-0.1, -0.05) is 6.42 Å². The van der Waals surface area contributed by atoms with Crippen LogP contribution in [-0.2, 0) is 0 Å². The van der Waals surface area contributed by atoms with E-state index in [0.29, 0.717) is 16.3 Å². The van der Waals surface area contributed by atoms with Crippen LogP contribution in [0.2, 0.25) is 0 Å². The molecular weight excluding hydrogens is 274 g/mol. The molecule has 0 aliphatic heterocycles. The largest absolute Gasteiger partial charge is 0.492 e. The Balaban J connectivity index is 2.30. The van der Waals surface area contributed by atoms with Gasteiger partial charge < -0.3 is 20.7 Å². The second-order valence-corrected chi connectivity index (χ2v) is 6.10. The molecule has 0 bridgehead atoms. The van der Waals surface area contributed by atoms with Gasteiger partial charge in [0.25, 0.3) is 5.91 Å². The van der Waals surface area contributed by atoms with Crippen LogP contribution in [0, 0.1) is 5.92 Å². The number of hydrogen-bond acceptors (Lipinski definition) is 5. The molecule has 1 fully saturated rings. The standard InChI is InChI=1S/C14H23N3O2S/c1-4-17(8-9-6-5-7-9)14-11(19-3)10(15)12(20-14)13(18)16-2/h9H,4-8,15H2,1-3H3,(H,16,18). The molecule has 1 amide bonds. The molecule has 1 saturated carbocycles. The summed E-state index contributed by atoms with van der Waals surface area (Å²) in [5.41, 5.74) is 6.50. The number of thiophene rings is 1. The van der Waals surface area contributed by atoms with Gasteiger partial charge in [-0.25, -0.2) is 0 Å². The van der Waals surface area contributed by atoms with Crippen molar-refractivity contribution in [3.05, 3.63) is 4.88 Å². The Hall–Kier alpha value is -1.43. The lowest BCUT2D eigenvalue weighted by Crippen LogP contribution is -2.32. The van der Waals surface area contributed by atoms with Gasteiger partial charge in [-0.3, -0.25) is 4.79 Å². The lowest BCUT2D eigenvalue weighted by molar-refractivity contribution is 0.0967. The van der Waals surface area contributed by atoms with Gasteiger partial charge in [0.05, 0.1) is 7.11 Å². The highest BCUT2D eigenvalue weighted by atomic mass is 32.1. The summed E-state index contributed by atoms with van der Waals surface area (Å²) in [5.74, 6) is 1.23. The fourth-order valence-corrected chi connectivity index (χ4v) is 3.66. The lowest BCUT2D eigenvalue weighted by atomic mass is 9.85. The fourth-order valence-electron chi connectivity index (χ4n) is 2.45. The number of methoxy groups -OCH3 is 1. The second kappa shape index (κ2) is 6.35. The smallest absolute Gasteiger partial charge is 0.263 e. The predicted octanol–water partition coefficient (Wildman–Crippen LogP) is 2.32. The summed E-state index contributed by atoms with van der Waals surface area (Å²) in [4.78, 5) is 14.7. The zero-order valence-electron chi connectivity index (χ0n) is 12.4. The van der Waals surface area contributed by atoms with Crippen LogP contribution in [0.3, 0.4) is 0 Å². The SMILES string of the molecule is CCN(CC1CCC1)c1sc(C(=O)NC)c(N)c1OC. The van der Waals surface area contributed by atoms with Crippen LogP contribution in [0.1, 0.15) is 35.9 Å². The van der Waals surface area contributed by atoms with Crippen LogP contribution in [0.4, 0.5) is 10.7 Å². The Morgan fingerprint density at radius 3 is 2.70 bits per heavy atom. The first-order valence-corrected chi connectivity index (χ1v) is 7.87. The van der Waals surface area contributed by atoms with Crippen molar-refractivity contribution in [3.63, 3.8) is 0 Å². The quantitative estimate of drug-likeness (QED) is 0.845. The summed E-state index contributed by atoms with van der Waals surface area (Å²) in [6.45, 7) is 4.02. The van der Waals surface area contributed by atoms with Crippen molar-refractivity contribution in [3.8, 4) is 5.75 Å². The average Bonchev–Trinajstić information content (AvgIpc) is 2.74. The van der Waals surface area contributed by atoms with Gasteiger partial charge in [-0.2, -0.15) is 0 Å². The van der Waals surface area contributed by atoms with Gasteiger partial charge in [-0.15, -0.1) is 11.3 Å². The topological polar surface area (TPSA) is 67.6 Å². The molecule has 0 saturated heterocycles. The minimum Gasteiger partial charge on any atom is -0.492 e. The maximum Gasteiger partial charge on any atom is 0.263 e. The maximum atomic E-state index is 11.9. The molecular formula is C14H23N3O2S. The van der Waals surface area contributed by atoms with E-state index in [1.165, 1.54) is 30.6 Å². The zero-order chi connectivity index (χ0) is 14.7. The van der Waals surface area contributed by atoms with Crippen LogP contribution in [0.25, 0.3) is 0 Å². The number of nitrogen functional groups attached to an aromatic ring is 1. The van der Waals surface area contributed by atoms with Crippen LogP contribution < -0.4 is 20.7 Å². The Morgan fingerprint density at radius 2 is 2.25 bits per heavy atom. The predicted molar refractivity (Wildman–Crippen MR) is 83.9 cm³/mol. The molecule has 1 heterocycles. The molecule has 1 aliphatic rings. The minimum atomic E-state index is -0.156. The lowest BCUT2D eigenvalue weighted by Gasteiger charge is -2.32. The second-order valence-electron chi connectivity index (χ2n) is 5.10. The molecule has 5 nitrogen and oxygen atoms in total. The van der Waals surface area contributed by atoms with Crippen LogP contribution in [0.5, 0.6) is 5.75 Å². The van der Waals surface area contributed by atoms with E-state index in [1.54, 1.807) is 14.2 Å². The molecule has 1 aliphatic carbocycles. The third-order valence-electron chi connectivity index (χ3n) is 3.89. The summed E-state index contributed by atoms with van der Waals surface area (Å²) in [5, 5.41) is 3.59. The molecule has 0 radical (unpaired) electrons. The highest BCUT2D eigenvalue weighted by Gasteiger charge is 2.27. The zero-order valence-corrected chi connectivity index (χ0v) is 13.2. The number of carbonyl (C=O) groups is 1. The monoisotopic (exact) mass is 297 g/mol. The summed E-state index contributed by atoms with van der Waals surface area (Å²) in [7, 11) is 3.21. The summed E-state index contributed by atoms with van der Waals surface area (Å²) in [6.07, 6.45) is 3.92. The Bertz CT molecular complexity index is 483. The van der Waals surface area contributed by atoms with E-state index >= 15 is 0 Å². The highest BCUT2D eigenvalue weighted by molar-refractivity contribution is 7.19. The fraction of sp³-hybridized carbons (Fsp3) is 0.643. The van der Waals surface area contributed by atoms with Crippen molar-refractivity contribution in [2.75, 3.05) is 37.9 Å². The highest BCUT2D eigenvalue weighted by Crippen LogP contribution is 2.45. The number of carbonyl (C=O) groups excluding carboxylic acids is 1. The molecule has 0 spiro atoms. The van der Waals surface area contributed by atoms with Crippen LogP contribution in [0.15, 0.2) is 0 Å². The molecule has 1 aromatic heterocycles. The molecule has 6 heteroatoms. The molecule has 2 rings (SSSR count). The molecule has 3 N–H and O–H groups in total. The molecule has 0 unspecified atom stereocenters. The van der Waals surface area contributed by atoms with E-state index < -0.39 is 0 Å². The van der Waals surface area contributed by atoms with Gasteiger partial charge in [-0.05, 0) is 25.7 Å². The average molecular weight is 297 g/mol. The summed E-state index contributed by atoms with van der Waals surface area (Å²) < 4.78 is 5.43. The molecule has 112 valence electrons. The van der Waals surface area contributed by atoms with Crippen molar-refractivity contribution < 1.29 is 9.53 Å². The van der Waals surface area contributed by atoms with Gasteiger partial charge in [0.2, 0.25) is 0 Å². The molecule has 0 aromatic carbocycles. The number of hydrogen-bond donors (Lipinski definition) is 2. The van der Waals surface area contributed by atoms with Crippen molar-refractivity contribution in [1.82, 2.24) is 5.32 Å². The first kappa shape index (κ1) is 15.0. The first-order chi connectivity index (χ1) is 9.62. The van der Waals surface area contributed by atoms with E-state index in [-0.39, 0.29) is 5.91 Å². The maximum absolute atomic E-state index is 11.9. The third kappa shape index (κ3) is 2.70. The van der Waals surface area contributed by atoms with Gasteiger partial charge in [0, 0.05) is 20.1 Å². The molecule has 0 atom stereocenters. The number of ether oxygens (including phenoxy) is 1. The Kier molecular flexibility index (Phi) is 4.75. The van der Waals surface area contributed by atoms with Crippen molar-refractivity contribution in [1.29, 1.82) is 0 Å². The van der Waals surface area contributed by atoms with Gasteiger partial charge in [0.15, 0.2) is 5.75 Å². The summed E-state index contributed by atoms with van der Waals surface area (Å²) in [6, 6.07) is 0. The van der Waals surface area contributed by atoms with E-state index in [0.717, 1.165) is 24.0 Å². The Labute approximate surface area is 124 Å². The minimum absolute atomic E-state index is 0.156. The van der Waals surface area contributed by atoms with E-state index in [1.807, 2.05) is 0 Å². The molecule has 20 heavy (non-hydrogen) atoms. The van der Waals surface area contributed by atoms with E-state index in [2.05, 4.69) is 17.1 Å². The molecule has 1 aromatic rings. The van der Waals surface area contributed by atoms with Crippen molar-refractivity contribution in [2.24, 2.45) is 5.92 Å². The van der Waals surface area contributed by atoms with Crippen LogP contribution in [-0.4, -0.2) is 33.2 Å². The third-order valence-corrected chi connectivity index (χ3v) is 5.14. The number of nitrogens with one attached hydrogen (secondary N) is 1. The van der Waals surface area contributed by atoms with E-state index in [9.17, 15) is 4.79 Å². The normalized spacial score (nSPS) is 14.8.